The Bertz CT molecular complexity index is 1320. The Kier molecular flexibility index (Phi) is 7.63. The van der Waals surface area contributed by atoms with Gasteiger partial charge in [-0.3, -0.25) is 4.79 Å². The van der Waals surface area contributed by atoms with Gasteiger partial charge < -0.3 is 29.6 Å². The van der Waals surface area contributed by atoms with Gasteiger partial charge in [0, 0.05) is 17.1 Å². The molecule has 0 fully saturated rings. The molecule has 0 unspecified atom stereocenters. The van der Waals surface area contributed by atoms with Crippen molar-refractivity contribution in [2.75, 3.05) is 33.8 Å². The number of hydrogen-bond acceptors (Lipinski definition) is 8. The maximum absolute atomic E-state index is 13.0. The average Bonchev–Trinajstić information content (AvgIpc) is 3.24. The van der Waals surface area contributed by atoms with Crippen LogP contribution in [-0.4, -0.2) is 38.5 Å². The number of nitrogens with one attached hydrogen (secondary N) is 2. The summed E-state index contributed by atoms with van der Waals surface area (Å²) in [5, 5.41) is 9.77. The van der Waals surface area contributed by atoms with Crippen LogP contribution in [0.2, 0.25) is 5.02 Å². The number of methoxy groups -OCH3 is 4. The predicted molar refractivity (Wildman–Crippen MR) is 142 cm³/mol. The molecule has 0 saturated heterocycles. The van der Waals surface area contributed by atoms with Crippen molar-refractivity contribution in [1.29, 1.82) is 0 Å². The van der Waals surface area contributed by atoms with E-state index in [4.69, 9.17) is 42.8 Å². The van der Waals surface area contributed by atoms with Crippen molar-refractivity contribution in [2.24, 2.45) is 0 Å². The fraction of sp³-hybridized carbons (Fsp3) is 0.292. The SMILES string of the molecule is COc1c(Cl)c2c(c(OC)c1OC)-c1ccc(OC)c(=O)cc1[C@@H](NC(=S)Nc1nccs1)CC2. The molecule has 2 aromatic carbocycles. The van der Waals surface area contributed by atoms with E-state index in [0.29, 0.717) is 45.4 Å². The van der Waals surface area contributed by atoms with Gasteiger partial charge in [-0.05, 0) is 53.9 Å². The summed E-state index contributed by atoms with van der Waals surface area (Å²) in [7, 11) is 6.07. The summed E-state index contributed by atoms with van der Waals surface area (Å²) in [5.74, 6) is 1.44. The van der Waals surface area contributed by atoms with Gasteiger partial charge in [0.05, 0.1) is 39.5 Å². The largest absolute Gasteiger partial charge is 0.493 e. The van der Waals surface area contributed by atoms with Crippen molar-refractivity contribution in [2.45, 2.75) is 18.9 Å². The highest BCUT2D eigenvalue weighted by atomic mass is 35.5. The summed E-state index contributed by atoms with van der Waals surface area (Å²) < 4.78 is 22.3. The lowest BCUT2D eigenvalue weighted by Gasteiger charge is -2.21. The van der Waals surface area contributed by atoms with Crippen LogP contribution in [0.1, 0.15) is 23.6 Å². The second kappa shape index (κ2) is 10.7. The summed E-state index contributed by atoms with van der Waals surface area (Å²) >= 11 is 13.8. The van der Waals surface area contributed by atoms with Crippen molar-refractivity contribution < 1.29 is 18.9 Å². The number of thiazole rings is 1. The van der Waals surface area contributed by atoms with E-state index in [1.54, 1.807) is 25.4 Å². The highest BCUT2D eigenvalue weighted by Gasteiger charge is 2.32. The Hall–Kier alpha value is -3.08. The van der Waals surface area contributed by atoms with Crippen LogP contribution >= 0.6 is 35.2 Å². The topological polar surface area (TPSA) is 90.9 Å². The number of rotatable bonds is 6. The van der Waals surface area contributed by atoms with E-state index in [0.717, 1.165) is 22.3 Å². The molecule has 184 valence electrons. The summed E-state index contributed by atoms with van der Waals surface area (Å²) in [4.78, 5) is 17.2. The molecule has 8 nitrogen and oxygen atoms in total. The fourth-order valence-corrected chi connectivity index (χ4v) is 5.45. The van der Waals surface area contributed by atoms with E-state index in [1.807, 2.05) is 11.4 Å². The van der Waals surface area contributed by atoms with Gasteiger partial charge in [-0.15, -0.1) is 11.3 Å². The van der Waals surface area contributed by atoms with Crippen LogP contribution in [-0.2, 0) is 6.42 Å². The molecule has 0 spiro atoms. The fourth-order valence-electron chi connectivity index (χ4n) is 4.27. The van der Waals surface area contributed by atoms with Crippen molar-refractivity contribution in [3.63, 3.8) is 0 Å². The molecule has 2 N–H and O–H groups in total. The van der Waals surface area contributed by atoms with E-state index in [2.05, 4.69) is 15.6 Å². The minimum absolute atomic E-state index is 0.215. The van der Waals surface area contributed by atoms with Crippen LogP contribution in [0.15, 0.2) is 34.6 Å². The minimum Gasteiger partial charge on any atom is -0.493 e. The molecule has 1 heterocycles. The highest BCUT2D eigenvalue weighted by molar-refractivity contribution is 7.80. The number of halogens is 1. The number of hydrogen-bond donors (Lipinski definition) is 2. The first-order valence-corrected chi connectivity index (χ1v) is 12.3. The van der Waals surface area contributed by atoms with Gasteiger partial charge >= 0.3 is 0 Å². The lowest BCUT2D eigenvalue weighted by Crippen LogP contribution is -2.32. The standard InChI is InChI=1S/C24H24ClN3O5S2/c1-30-17-8-6-12-14(11-16(17)29)15(27-23(34)28-24-26-9-10-35-24)7-5-13-18(12)20(31-2)22(33-4)21(32-3)19(13)25/h6,8-11,15H,5,7H2,1-4H3,(H2,26,27,28,34)/t15-/m0/s1. The monoisotopic (exact) mass is 533 g/mol. The third kappa shape index (κ3) is 4.73. The predicted octanol–water partition coefficient (Wildman–Crippen LogP) is 4.83. The summed E-state index contributed by atoms with van der Waals surface area (Å²) in [6, 6.07) is 4.72. The van der Waals surface area contributed by atoms with Gasteiger partial charge in [0.1, 0.15) is 0 Å². The molecule has 0 saturated carbocycles. The Labute approximate surface area is 217 Å². The Morgan fingerprint density at radius 1 is 1.11 bits per heavy atom. The third-order valence-corrected chi connectivity index (χ3v) is 7.07. The lowest BCUT2D eigenvalue weighted by atomic mass is 9.95. The minimum atomic E-state index is -0.320. The lowest BCUT2D eigenvalue weighted by molar-refractivity contribution is 0.325. The Balaban J connectivity index is 1.94. The quantitative estimate of drug-likeness (QED) is 0.432. The molecule has 0 aliphatic heterocycles. The van der Waals surface area contributed by atoms with Gasteiger partial charge in [-0.1, -0.05) is 17.7 Å². The van der Waals surface area contributed by atoms with E-state index in [1.165, 1.54) is 32.7 Å². The Morgan fingerprint density at radius 2 is 1.86 bits per heavy atom. The number of fused-ring (bicyclic) bond motifs is 3. The van der Waals surface area contributed by atoms with Crippen LogP contribution in [0.4, 0.5) is 5.13 Å². The molecule has 1 aromatic heterocycles. The molecule has 0 radical (unpaired) electrons. The van der Waals surface area contributed by atoms with Gasteiger partial charge in [0.25, 0.3) is 0 Å². The molecule has 1 aliphatic rings. The number of nitrogens with zero attached hydrogens (tertiary/aromatic N) is 1. The zero-order valence-corrected chi connectivity index (χ0v) is 22.0. The molecule has 4 rings (SSSR count). The average molecular weight is 534 g/mol. The van der Waals surface area contributed by atoms with Crippen LogP contribution in [0.25, 0.3) is 11.1 Å². The Morgan fingerprint density at radius 3 is 2.49 bits per heavy atom. The number of anilines is 1. The van der Waals surface area contributed by atoms with Gasteiger partial charge in [0.15, 0.2) is 27.5 Å². The second-order valence-corrected chi connectivity index (χ2v) is 9.25. The van der Waals surface area contributed by atoms with E-state index in [-0.39, 0.29) is 17.2 Å². The number of benzene rings is 1. The number of ether oxygens (including phenoxy) is 4. The maximum Gasteiger partial charge on any atom is 0.220 e. The van der Waals surface area contributed by atoms with Gasteiger partial charge in [0.2, 0.25) is 11.2 Å². The van der Waals surface area contributed by atoms with E-state index >= 15 is 0 Å². The first-order chi connectivity index (χ1) is 16.9. The van der Waals surface area contributed by atoms with Crippen molar-refractivity contribution in [1.82, 2.24) is 10.3 Å². The smallest absolute Gasteiger partial charge is 0.220 e. The maximum atomic E-state index is 13.0. The van der Waals surface area contributed by atoms with Crippen LogP contribution in [0.5, 0.6) is 23.0 Å². The third-order valence-electron chi connectivity index (χ3n) is 5.77. The normalized spacial score (nSPS) is 14.1. The van der Waals surface area contributed by atoms with E-state index in [9.17, 15) is 4.79 Å². The first kappa shape index (κ1) is 25.0. The van der Waals surface area contributed by atoms with Crippen molar-refractivity contribution >= 4 is 45.4 Å². The molecule has 0 bridgehead atoms. The second-order valence-electron chi connectivity index (χ2n) is 7.57. The summed E-state index contributed by atoms with van der Waals surface area (Å²) in [5.41, 5.74) is 2.76. The van der Waals surface area contributed by atoms with Gasteiger partial charge in [-0.25, -0.2) is 4.98 Å². The zero-order chi connectivity index (χ0) is 25.1. The molecule has 0 amide bonds. The summed E-state index contributed by atoms with van der Waals surface area (Å²) in [6.07, 6.45) is 2.84. The molecular weight excluding hydrogens is 510 g/mol. The van der Waals surface area contributed by atoms with Crippen molar-refractivity contribution in [3.8, 4) is 34.1 Å². The van der Waals surface area contributed by atoms with Crippen LogP contribution in [0, 0.1) is 0 Å². The van der Waals surface area contributed by atoms with E-state index < -0.39 is 0 Å². The first-order valence-electron chi connectivity index (χ1n) is 10.6. The molecular formula is C24H24ClN3O5S2. The zero-order valence-electron chi connectivity index (χ0n) is 19.6. The molecule has 1 aliphatic carbocycles. The van der Waals surface area contributed by atoms with Crippen LogP contribution in [0.3, 0.4) is 0 Å². The molecule has 3 aromatic rings. The molecule has 11 heteroatoms. The van der Waals surface area contributed by atoms with Crippen molar-refractivity contribution in [3.05, 3.63) is 56.1 Å². The van der Waals surface area contributed by atoms with Gasteiger partial charge in [-0.2, -0.15) is 0 Å². The molecule has 1 atom stereocenters. The van der Waals surface area contributed by atoms with Crippen LogP contribution < -0.4 is 35.0 Å². The highest BCUT2D eigenvalue weighted by Crippen LogP contribution is 2.54. The number of thiocarbonyl (C=S) groups is 1. The molecule has 35 heavy (non-hydrogen) atoms. The summed E-state index contributed by atoms with van der Waals surface area (Å²) in [6.45, 7) is 0. The number of aromatic nitrogens is 1.